The van der Waals surface area contributed by atoms with Gasteiger partial charge in [-0.3, -0.25) is 0 Å². The van der Waals surface area contributed by atoms with E-state index in [9.17, 15) is 0 Å². The summed E-state index contributed by atoms with van der Waals surface area (Å²) in [5.74, 6) is 1.58. The van der Waals surface area contributed by atoms with Gasteiger partial charge in [-0.05, 0) is 61.3 Å². The maximum atomic E-state index is 5.59. The lowest BCUT2D eigenvalue weighted by Gasteiger charge is -2.33. The third-order valence-corrected chi connectivity index (χ3v) is 6.55. The van der Waals surface area contributed by atoms with E-state index in [1.807, 2.05) is 11.8 Å². The molecule has 2 nitrogen and oxygen atoms in total. The molecule has 1 aliphatic heterocycles. The number of nitrogens with zero attached hydrogens (tertiary/aromatic N) is 1. The number of hydrogen-bond donors (Lipinski definition) is 0. The lowest BCUT2D eigenvalue weighted by Crippen LogP contribution is -2.24. The monoisotopic (exact) mass is 343 g/mol. The number of benzene rings is 1. The Morgan fingerprint density at radius 2 is 2.00 bits per heavy atom. The van der Waals surface area contributed by atoms with Gasteiger partial charge in [-0.25, -0.2) is 0 Å². The second-order valence-corrected chi connectivity index (χ2v) is 8.74. The molecule has 24 heavy (non-hydrogen) atoms. The van der Waals surface area contributed by atoms with Crippen molar-refractivity contribution in [1.29, 1.82) is 0 Å². The lowest BCUT2D eigenvalue weighted by molar-refractivity contribution is 0.366. The Labute approximate surface area is 151 Å². The van der Waals surface area contributed by atoms with Crippen LogP contribution in [0.4, 0.5) is 5.69 Å². The predicted molar refractivity (Wildman–Crippen MR) is 105 cm³/mol. The first kappa shape index (κ1) is 17.5. The number of allylic oxidation sites excluding steroid dienone is 3. The zero-order chi connectivity index (χ0) is 17.6. The molecule has 3 heteroatoms. The molecule has 3 rings (SSSR count). The summed E-state index contributed by atoms with van der Waals surface area (Å²) >= 11 is 1.91. The van der Waals surface area contributed by atoms with Gasteiger partial charge in [0.2, 0.25) is 0 Å². The van der Waals surface area contributed by atoms with Crippen molar-refractivity contribution in [2.24, 2.45) is 11.3 Å². The minimum atomic E-state index is 0.298. The van der Waals surface area contributed by atoms with E-state index < -0.39 is 0 Å². The molecule has 0 aromatic heterocycles. The van der Waals surface area contributed by atoms with Gasteiger partial charge in [-0.15, -0.1) is 0 Å². The number of anilines is 1. The van der Waals surface area contributed by atoms with Crippen LogP contribution < -0.4 is 9.64 Å². The van der Waals surface area contributed by atoms with Crippen LogP contribution in [0.15, 0.2) is 33.7 Å². The van der Waals surface area contributed by atoms with Crippen molar-refractivity contribution >= 4 is 17.4 Å². The molecule has 1 aliphatic carbocycles. The highest BCUT2D eigenvalue weighted by Gasteiger charge is 2.33. The van der Waals surface area contributed by atoms with E-state index in [2.05, 4.69) is 64.7 Å². The molecule has 1 unspecified atom stereocenters. The Bertz CT molecular complexity index is 730. The Morgan fingerprint density at radius 3 is 2.58 bits per heavy atom. The van der Waals surface area contributed by atoms with Gasteiger partial charge < -0.3 is 9.64 Å². The van der Waals surface area contributed by atoms with E-state index in [0.29, 0.717) is 11.3 Å². The van der Waals surface area contributed by atoms with Crippen molar-refractivity contribution in [3.8, 4) is 5.75 Å². The van der Waals surface area contributed by atoms with Crippen molar-refractivity contribution < 1.29 is 4.74 Å². The van der Waals surface area contributed by atoms with E-state index in [0.717, 1.165) is 12.3 Å². The maximum absolute atomic E-state index is 5.59. The van der Waals surface area contributed by atoms with Gasteiger partial charge in [0.1, 0.15) is 5.75 Å². The highest BCUT2D eigenvalue weighted by atomic mass is 32.2. The Hall–Kier alpha value is -1.35. The summed E-state index contributed by atoms with van der Waals surface area (Å²) in [6.45, 7) is 14.6. The summed E-state index contributed by atoms with van der Waals surface area (Å²) in [5.41, 5.74) is 5.73. The second kappa shape index (κ2) is 6.18. The molecule has 0 spiro atoms. The minimum absolute atomic E-state index is 0.298. The number of rotatable bonds is 2. The van der Waals surface area contributed by atoms with Crippen LogP contribution in [0.1, 0.15) is 45.2 Å². The fourth-order valence-corrected chi connectivity index (χ4v) is 5.43. The van der Waals surface area contributed by atoms with Gasteiger partial charge in [-0.1, -0.05) is 44.7 Å². The van der Waals surface area contributed by atoms with Gasteiger partial charge in [0.05, 0.1) is 17.8 Å². The van der Waals surface area contributed by atoms with Gasteiger partial charge in [0, 0.05) is 11.4 Å². The smallest absolute Gasteiger partial charge is 0.123 e. The van der Waals surface area contributed by atoms with Gasteiger partial charge in [0.15, 0.2) is 0 Å². The summed E-state index contributed by atoms with van der Waals surface area (Å²) in [7, 11) is 1.76. The fraction of sp³-hybridized carbons (Fsp3) is 0.524. The van der Waals surface area contributed by atoms with Crippen LogP contribution in [0.25, 0.3) is 0 Å². The molecule has 1 atom stereocenters. The van der Waals surface area contributed by atoms with Gasteiger partial charge in [0.25, 0.3) is 0 Å². The van der Waals surface area contributed by atoms with Gasteiger partial charge >= 0.3 is 0 Å². The molecular weight excluding hydrogens is 314 g/mol. The normalized spacial score (nSPS) is 25.1. The molecule has 0 saturated carbocycles. The van der Waals surface area contributed by atoms with E-state index >= 15 is 0 Å². The number of fused-ring (bicyclic) bond motifs is 1. The third-order valence-electron chi connectivity index (χ3n) is 5.36. The maximum Gasteiger partial charge on any atom is 0.123 e. The molecular formula is C21H29NOS. The molecule has 0 radical (unpaired) electrons. The first-order valence-electron chi connectivity index (χ1n) is 8.86. The van der Waals surface area contributed by atoms with Crippen LogP contribution in [0.2, 0.25) is 0 Å². The number of ether oxygens (including phenoxy) is 1. The number of methoxy groups -OCH3 is 1. The minimum Gasteiger partial charge on any atom is -0.496 e. The van der Waals surface area contributed by atoms with E-state index in [-0.39, 0.29) is 0 Å². The van der Waals surface area contributed by atoms with Crippen molar-refractivity contribution in [1.82, 2.24) is 0 Å². The summed E-state index contributed by atoms with van der Waals surface area (Å²) in [5, 5.41) is 1.41. The van der Waals surface area contributed by atoms with Crippen molar-refractivity contribution in [3.05, 3.63) is 39.9 Å². The summed E-state index contributed by atoms with van der Waals surface area (Å²) in [6, 6.07) is 2.21. The van der Waals surface area contributed by atoms with Crippen LogP contribution in [0, 0.1) is 25.2 Å². The van der Waals surface area contributed by atoms with Crippen LogP contribution in [-0.4, -0.2) is 13.7 Å². The lowest BCUT2D eigenvalue weighted by atomic mass is 9.75. The van der Waals surface area contributed by atoms with Crippen LogP contribution in [0.5, 0.6) is 5.75 Å². The first-order chi connectivity index (χ1) is 11.3. The fourth-order valence-electron chi connectivity index (χ4n) is 3.97. The SMILES string of the molecule is CCN1C(=C2C=CC(C)(C)CC2C)Sc2cc(OC)c(C)c(C)c21. The zero-order valence-electron chi connectivity index (χ0n) is 16.0. The molecule has 1 aromatic rings. The molecule has 130 valence electrons. The zero-order valence-corrected chi connectivity index (χ0v) is 16.8. The quantitative estimate of drug-likeness (QED) is 0.646. The standard InChI is InChI=1S/C21H29NOS/c1-8-22-19-15(4)14(3)17(23-7)11-18(19)24-20(22)16-9-10-21(5,6)12-13(16)2/h9-11,13H,8,12H2,1-7H3. The van der Waals surface area contributed by atoms with Crippen LogP contribution >= 0.6 is 11.8 Å². The third kappa shape index (κ3) is 2.77. The Morgan fingerprint density at radius 1 is 1.29 bits per heavy atom. The average Bonchev–Trinajstić information content (AvgIpc) is 2.88. The van der Waals surface area contributed by atoms with Gasteiger partial charge in [-0.2, -0.15) is 0 Å². The summed E-state index contributed by atoms with van der Waals surface area (Å²) in [4.78, 5) is 3.82. The van der Waals surface area contributed by atoms with Crippen molar-refractivity contribution in [2.75, 3.05) is 18.6 Å². The predicted octanol–water partition coefficient (Wildman–Crippen LogP) is 6.08. The Balaban J connectivity index is 2.14. The van der Waals surface area contributed by atoms with E-state index in [1.54, 1.807) is 7.11 Å². The molecule has 1 heterocycles. The van der Waals surface area contributed by atoms with E-state index in [1.165, 1.54) is 38.7 Å². The Kier molecular flexibility index (Phi) is 4.50. The molecule has 0 saturated heterocycles. The number of thioether (sulfide) groups is 1. The molecule has 1 aromatic carbocycles. The molecule has 0 amide bonds. The highest BCUT2D eigenvalue weighted by Crippen LogP contribution is 2.53. The number of hydrogen-bond acceptors (Lipinski definition) is 3. The molecule has 2 aliphatic rings. The molecule has 0 fully saturated rings. The first-order valence-corrected chi connectivity index (χ1v) is 9.67. The van der Waals surface area contributed by atoms with Crippen molar-refractivity contribution in [3.63, 3.8) is 0 Å². The average molecular weight is 344 g/mol. The summed E-state index contributed by atoms with van der Waals surface area (Å²) < 4.78 is 5.59. The molecule has 0 bridgehead atoms. The second-order valence-electron chi connectivity index (χ2n) is 7.71. The molecule has 0 N–H and O–H groups in total. The largest absolute Gasteiger partial charge is 0.496 e. The van der Waals surface area contributed by atoms with Crippen LogP contribution in [0.3, 0.4) is 0 Å². The van der Waals surface area contributed by atoms with E-state index in [4.69, 9.17) is 4.74 Å². The topological polar surface area (TPSA) is 12.5 Å². The summed E-state index contributed by atoms with van der Waals surface area (Å²) in [6.07, 6.45) is 5.95. The highest BCUT2D eigenvalue weighted by molar-refractivity contribution is 8.03. The van der Waals surface area contributed by atoms with Crippen molar-refractivity contribution in [2.45, 2.75) is 52.9 Å². The van der Waals surface area contributed by atoms with Crippen LogP contribution in [-0.2, 0) is 0 Å².